The lowest BCUT2D eigenvalue weighted by molar-refractivity contribution is 0.186. The lowest BCUT2D eigenvalue weighted by atomic mass is 10.0. The van der Waals surface area contributed by atoms with Gasteiger partial charge in [0.25, 0.3) is 0 Å². The summed E-state index contributed by atoms with van der Waals surface area (Å²) < 4.78 is 5.05. The number of nitrogens with two attached hydrogens (primary N) is 1. The highest BCUT2D eigenvalue weighted by atomic mass is 32.2. The zero-order valence-corrected chi connectivity index (χ0v) is 13.8. The predicted octanol–water partition coefficient (Wildman–Crippen LogP) is 3.94. The predicted molar refractivity (Wildman–Crippen MR) is 96.1 cm³/mol. The molecule has 2 N–H and O–H groups in total. The van der Waals surface area contributed by atoms with Crippen molar-refractivity contribution in [2.45, 2.75) is 18.7 Å². The summed E-state index contributed by atoms with van der Waals surface area (Å²) in [6, 6.07) is 19.0. The highest BCUT2D eigenvalue weighted by Crippen LogP contribution is 2.21. The van der Waals surface area contributed by atoms with E-state index < -0.39 is 0 Å². The molecule has 0 heterocycles. The van der Waals surface area contributed by atoms with Crippen molar-refractivity contribution in [3.05, 3.63) is 60.2 Å². The lowest BCUT2D eigenvalue weighted by Gasteiger charge is -2.07. The van der Waals surface area contributed by atoms with Crippen LogP contribution in [0.15, 0.2) is 59.6 Å². The van der Waals surface area contributed by atoms with E-state index in [-0.39, 0.29) is 6.04 Å². The number of aliphatic imine (C=N–C) groups is 1. The smallest absolute Gasteiger partial charge is 0.154 e. The van der Waals surface area contributed by atoms with Crippen LogP contribution in [0.4, 0.5) is 0 Å². The van der Waals surface area contributed by atoms with Gasteiger partial charge in [0, 0.05) is 12.9 Å². The first kappa shape index (κ1) is 16.6. The Balaban J connectivity index is 1.92. The number of thioether (sulfide) groups is 1. The Bertz CT molecular complexity index is 596. The Morgan fingerprint density at radius 2 is 1.73 bits per heavy atom. The maximum atomic E-state index is 5.93. The Morgan fingerprint density at radius 3 is 2.36 bits per heavy atom. The molecule has 4 heteroatoms. The van der Waals surface area contributed by atoms with E-state index in [2.05, 4.69) is 53.5 Å². The topological polar surface area (TPSA) is 47.6 Å². The average molecular weight is 314 g/mol. The van der Waals surface area contributed by atoms with Gasteiger partial charge in [0.2, 0.25) is 0 Å². The minimum absolute atomic E-state index is 0.0953. The molecule has 0 unspecified atom stereocenters. The van der Waals surface area contributed by atoms with Crippen LogP contribution in [-0.2, 0) is 10.5 Å². The van der Waals surface area contributed by atoms with Crippen LogP contribution in [0.3, 0.4) is 0 Å². The van der Waals surface area contributed by atoms with Crippen LogP contribution in [-0.4, -0.2) is 24.9 Å². The van der Waals surface area contributed by atoms with E-state index in [1.807, 2.05) is 13.0 Å². The molecule has 2 aromatic carbocycles. The van der Waals surface area contributed by atoms with Crippen LogP contribution in [0.25, 0.3) is 11.1 Å². The molecule has 2 aromatic rings. The Kier molecular flexibility index (Phi) is 6.49. The van der Waals surface area contributed by atoms with Gasteiger partial charge in [-0.1, -0.05) is 66.4 Å². The molecule has 0 aliphatic carbocycles. The van der Waals surface area contributed by atoms with Crippen molar-refractivity contribution in [3.8, 4) is 11.1 Å². The van der Waals surface area contributed by atoms with Gasteiger partial charge in [-0.2, -0.15) is 0 Å². The first-order valence-electron chi connectivity index (χ1n) is 7.28. The Hall–Kier alpha value is -1.78. The molecule has 0 saturated heterocycles. The first-order chi connectivity index (χ1) is 10.7. The number of hydrogen-bond acceptors (Lipinski definition) is 3. The maximum Gasteiger partial charge on any atom is 0.154 e. The van der Waals surface area contributed by atoms with Crippen LogP contribution in [0, 0.1) is 0 Å². The van der Waals surface area contributed by atoms with Crippen LogP contribution in [0.2, 0.25) is 0 Å². The molecule has 0 fully saturated rings. The van der Waals surface area contributed by atoms with Crippen molar-refractivity contribution in [1.29, 1.82) is 0 Å². The summed E-state index contributed by atoms with van der Waals surface area (Å²) in [7, 11) is 1.67. The van der Waals surface area contributed by atoms with Crippen molar-refractivity contribution in [3.63, 3.8) is 0 Å². The second-order valence-corrected chi connectivity index (χ2v) is 6.12. The monoisotopic (exact) mass is 314 g/mol. The third-order valence-corrected chi connectivity index (χ3v) is 4.08. The van der Waals surface area contributed by atoms with E-state index in [0.29, 0.717) is 11.8 Å². The van der Waals surface area contributed by atoms with Crippen LogP contribution in [0.5, 0.6) is 0 Å². The van der Waals surface area contributed by atoms with E-state index in [9.17, 15) is 0 Å². The molecule has 0 aliphatic heterocycles. The van der Waals surface area contributed by atoms with Gasteiger partial charge < -0.3 is 10.5 Å². The van der Waals surface area contributed by atoms with Crippen LogP contribution >= 0.6 is 11.8 Å². The summed E-state index contributed by atoms with van der Waals surface area (Å²) >= 11 is 1.56. The largest absolute Gasteiger partial charge is 0.382 e. The third-order valence-electron chi connectivity index (χ3n) is 3.20. The van der Waals surface area contributed by atoms with Gasteiger partial charge in [-0.3, -0.25) is 4.99 Å². The molecule has 0 bridgehead atoms. The molecular formula is C18H22N2OS. The van der Waals surface area contributed by atoms with Crippen LogP contribution < -0.4 is 5.73 Å². The minimum Gasteiger partial charge on any atom is -0.382 e. The van der Waals surface area contributed by atoms with Crippen molar-refractivity contribution in [2.24, 2.45) is 10.7 Å². The third kappa shape index (κ3) is 5.20. The van der Waals surface area contributed by atoms with Gasteiger partial charge in [0.15, 0.2) is 5.17 Å². The number of amidine groups is 1. The van der Waals surface area contributed by atoms with E-state index in [1.54, 1.807) is 18.9 Å². The number of benzene rings is 2. The molecule has 0 aromatic heterocycles. The molecular weight excluding hydrogens is 292 g/mol. The summed E-state index contributed by atoms with van der Waals surface area (Å²) in [5, 5.41) is 0.608. The molecule has 0 radical (unpaired) electrons. The second-order valence-electron chi connectivity index (χ2n) is 5.12. The quantitative estimate of drug-likeness (QED) is 0.649. The molecule has 0 saturated carbocycles. The average Bonchev–Trinajstić information content (AvgIpc) is 2.54. The van der Waals surface area contributed by atoms with Crippen molar-refractivity contribution >= 4 is 16.9 Å². The number of methoxy groups -OCH3 is 1. The van der Waals surface area contributed by atoms with Crippen LogP contribution in [0.1, 0.15) is 12.5 Å². The summed E-state index contributed by atoms with van der Waals surface area (Å²) in [6.07, 6.45) is 0. The number of ether oxygens (including phenoxy) is 1. The van der Waals surface area contributed by atoms with Crippen molar-refractivity contribution in [1.82, 2.24) is 0 Å². The zero-order valence-electron chi connectivity index (χ0n) is 13.0. The normalized spacial score (nSPS) is 13.1. The SMILES string of the molecule is COC[C@H](C)N=C(N)SCc1ccc(-c2ccccc2)cc1. The Labute approximate surface area is 136 Å². The van der Waals surface area contributed by atoms with Crippen molar-refractivity contribution in [2.75, 3.05) is 13.7 Å². The standard InChI is InChI=1S/C18H22N2OS/c1-14(12-21-2)20-18(19)22-13-15-8-10-17(11-9-15)16-6-4-3-5-7-16/h3-11,14H,12-13H2,1-2H3,(H2,19,20)/t14-/m0/s1. The highest BCUT2D eigenvalue weighted by molar-refractivity contribution is 8.13. The molecule has 22 heavy (non-hydrogen) atoms. The molecule has 0 spiro atoms. The first-order valence-corrected chi connectivity index (χ1v) is 8.27. The van der Waals surface area contributed by atoms with E-state index in [4.69, 9.17) is 10.5 Å². The fourth-order valence-corrected chi connectivity index (χ4v) is 2.88. The van der Waals surface area contributed by atoms with E-state index >= 15 is 0 Å². The number of hydrogen-bond donors (Lipinski definition) is 1. The fourth-order valence-electron chi connectivity index (χ4n) is 2.11. The highest BCUT2D eigenvalue weighted by Gasteiger charge is 2.02. The van der Waals surface area contributed by atoms with Gasteiger partial charge in [-0.05, 0) is 23.6 Å². The van der Waals surface area contributed by atoms with Gasteiger partial charge in [0.1, 0.15) is 0 Å². The minimum atomic E-state index is 0.0953. The van der Waals surface area contributed by atoms with E-state index in [1.165, 1.54) is 16.7 Å². The number of nitrogens with zero attached hydrogens (tertiary/aromatic N) is 1. The fraction of sp³-hybridized carbons (Fsp3) is 0.278. The maximum absolute atomic E-state index is 5.93. The Morgan fingerprint density at radius 1 is 1.09 bits per heavy atom. The summed E-state index contributed by atoms with van der Waals surface area (Å²) in [6.45, 7) is 2.58. The summed E-state index contributed by atoms with van der Waals surface area (Å²) in [5.74, 6) is 0.824. The lowest BCUT2D eigenvalue weighted by Crippen LogP contribution is -2.15. The van der Waals surface area contributed by atoms with Gasteiger partial charge in [-0.25, -0.2) is 0 Å². The van der Waals surface area contributed by atoms with Gasteiger partial charge >= 0.3 is 0 Å². The van der Waals surface area contributed by atoms with E-state index in [0.717, 1.165) is 5.75 Å². The van der Waals surface area contributed by atoms with Gasteiger partial charge in [-0.15, -0.1) is 0 Å². The molecule has 0 aliphatic rings. The summed E-state index contributed by atoms with van der Waals surface area (Å²) in [5.41, 5.74) is 9.63. The van der Waals surface area contributed by atoms with Crippen molar-refractivity contribution < 1.29 is 4.74 Å². The second kappa shape index (κ2) is 8.61. The molecule has 2 rings (SSSR count). The molecule has 0 amide bonds. The molecule has 1 atom stereocenters. The number of rotatable bonds is 6. The zero-order chi connectivity index (χ0) is 15.8. The summed E-state index contributed by atoms with van der Waals surface area (Å²) in [4.78, 5) is 4.38. The molecule has 3 nitrogen and oxygen atoms in total. The van der Waals surface area contributed by atoms with Gasteiger partial charge in [0.05, 0.1) is 12.6 Å². The molecule has 116 valence electrons.